The van der Waals surface area contributed by atoms with Crippen LogP contribution in [0.4, 0.5) is 0 Å². The molecule has 7 N–H and O–H groups in total. The summed E-state index contributed by atoms with van der Waals surface area (Å²) in [6.07, 6.45) is -10.1. The number of hydrogen-bond acceptors (Lipinski definition) is 11. The lowest BCUT2D eigenvalue weighted by atomic mass is 9.84. The Morgan fingerprint density at radius 2 is 1.74 bits per heavy atom. The number of aliphatic hydroxyl groups excluding tert-OH is 4. The highest BCUT2D eigenvalue weighted by Crippen LogP contribution is 2.50. The first-order valence-electron chi connectivity index (χ1n) is 10.2. The standard InChI is InChI=1S/C22H22O12/c23-8-22(9-4-2-1-3-5-9)7-10(24)13-11(34-22)6-12(14(25)15(13)26)32-21-18(29)16(27)17(28)19(33-21)20(30)31/h1-6,16-19,21,23,25-29H,7-8H2,(H,30,31)/t16-,17-,18+,19-,21+,22+/m0/s1. The van der Waals surface area contributed by atoms with Crippen molar-refractivity contribution in [1.82, 2.24) is 0 Å². The summed E-state index contributed by atoms with van der Waals surface area (Å²) in [5.74, 6) is -4.97. The van der Waals surface area contributed by atoms with Gasteiger partial charge in [-0.25, -0.2) is 4.79 Å². The quantitative estimate of drug-likeness (QED) is 0.265. The van der Waals surface area contributed by atoms with E-state index < -0.39 is 71.9 Å². The molecule has 0 aliphatic carbocycles. The lowest BCUT2D eigenvalue weighted by Crippen LogP contribution is -2.61. The largest absolute Gasteiger partial charge is 0.504 e. The Morgan fingerprint density at radius 3 is 2.35 bits per heavy atom. The summed E-state index contributed by atoms with van der Waals surface area (Å²) in [5, 5.41) is 70.0. The van der Waals surface area contributed by atoms with Crippen molar-refractivity contribution in [3.8, 4) is 23.0 Å². The molecule has 2 aromatic rings. The Morgan fingerprint density at radius 1 is 1.06 bits per heavy atom. The van der Waals surface area contributed by atoms with Gasteiger partial charge in [-0.1, -0.05) is 30.3 Å². The third-order valence-corrected chi connectivity index (χ3v) is 5.84. The van der Waals surface area contributed by atoms with E-state index in [0.29, 0.717) is 5.56 Å². The molecular formula is C22H22O12. The van der Waals surface area contributed by atoms with Crippen molar-refractivity contribution in [3.63, 3.8) is 0 Å². The van der Waals surface area contributed by atoms with Gasteiger partial charge in [0.2, 0.25) is 12.0 Å². The van der Waals surface area contributed by atoms with Crippen LogP contribution in [0.25, 0.3) is 0 Å². The van der Waals surface area contributed by atoms with E-state index in [1.807, 2.05) is 0 Å². The van der Waals surface area contributed by atoms with Gasteiger partial charge in [-0.15, -0.1) is 0 Å². The van der Waals surface area contributed by atoms with Gasteiger partial charge in [-0.05, 0) is 5.56 Å². The smallest absolute Gasteiger partial charge is 0.335 e. The van der Waals surface area contributed by atoms with Crippen LogP contribution in [0.1, 0.15) is 22.3 Å². The average molecular weight is 478 g/mol. The number of phenols is 2. The molecule has 0 amide bonds. The molecule has 0 saturated carbocycles. The van der Waals surface area contributed by atoms with Gasteiger partial charge < -0.3 is 50.0 Å². The van der Waals surface area contributed by atoms with E-state index in [2.05, 4.69) is 0 Å². The molecule has 2 aliphatic heterocycles. The number of carboxylic acids is 1. The van der Waals surface area contributed by atoms with Gasteiger partial charge in [0.25, 0.3) is 0 Å². The van der Waals surface area contributed by atoms with Crippen molar-refractivity contribution in [2.45, 2.75) is 42.7 Å². The lowest BCUT2D eigenvalue weighted by molar-refractivity contribution is -0.271. The number of fused-ring (bicyclic) bond motifs is 1. The Balaban J connectivity index is 1.72. The van der Waals surface area contributed by atoms with Crippen molar-refractivity contribution in [2.75, 3.05) is 6.61 Å². The van der Waals surface area contributed by atoms with Crippen molar-refractivity contribution in [3.05, 3.63) is 47.5 Å². The number of benzene rings is 2. The Labute approximate surface area is 191 Å². The minimum atomic E-state index is -1.97. The van der Waals surface area contributed by atoms with Crippen LogP contribution in [0.2, 0.25) is 0 Å². The number of ketones is 1. The molecular weight excluding hydrogens is 456 g/mol. The summed E-state index contributed by atoms with van der Waals surface area (Å²) in [6, 6.07) is 9.36. The number of rotatable bonds is 5. The molecule has 0 aromatic heterocycles. The zero-order valence-corrected chi connectivity index (χ0v) is 17.4. The molecule has 12 nitrogen and oxygen atoms in total. The highest BCUT2D eigenvalue weighted by atomic mass is 16.7. The molecule has 1 saturated heterocycles. The number of carbonyl (C=O) groups excluding carboxylic acids is 1. The normalized spacial score (nSPS) is 30.8. The van der Waals surface area contributed by atoms with Gasteiger partial charge in [0.15, 0.2) is 29.0 Å². The molecule has 4 rings (SSSR count). The highest BCUT2D eigenvalue weighted by molar-refractivity contribution is 6.04. The van der Waals surface area contributed by atoms with Crippen LogP contribution in [-0.4, -0.2) is 84.8 Å². The highest BCUT2D eigenvalue weighted by Gasteiger charge is 2.49. The maximum Gasteiger partial charge on any atom is 0.335 e. The molecule has 2 aliphatic rings. The predicted molar refractivity (Wildman–Crippen MR) is 109 cm³/mol. The monoisotopic (exact) mass is 478 g/mol. The van der Waals surface area contributed by atoms with Crippen LogP contribution in [0, 0.1) is 0 Å². The molecule has 0 unspecified atom stereocenters. The second-order valence-corrected chi connectivity index (χ2v) is 8.02. The molecule has 0 radical (unpaired) electrons. The summed E-state index contributed by atoms with van der Waals surface area (Å²) in [5.41, 5.74) is -1.39. The fourth-order valence-corrected chi connectivity index (χ4v) is 4.00. The van der Waals surface area contributed by atoms with Crippen molar-refractivity contribution in [1.29, 1.82) is 0 Å². The summed E-state index contributed by atoms with van der Waals surface area (Å²) < 4.78 is 16.2. The number of hydrogen-bond donors (Lipinski definition) is 7. The topological polar surface area (TPSA) is 203 Å². The van der Waals surface area contributed by atoms with Gasteiger partial charge in [0.05, 0.1) is 13.0 Å². The first kappa shape index (κ1) is 23.7. The number of Topliss-reactive ketones (excluding diaryl/α,β-unsaturated/α-hetero) is 1. The zero-order valence-electron chi connectivity index (χ0n) is 17.4. The Hall–Kier alpha value is -3.42. The van der Waals surface area contributed by atoms with Crippen molar-refractivity contribution >= 4 is 11.8 Å². The van der Waals surface area contributed by atoms with Crippen LogP contribution in [-0.2, 0) is 15.1 Å². The predicted octanol–water partition coefficient (Wildman–Crippen LogP) is -0.778. The molecule has 34 heavy (non-hydrogen) atoms. The van der Waals surface area contributed by atoms with E-state index in [-0.39, 0.29) is 17.7 Å². The number of aliphatic hydroxyl groups is 4. The Kier molecular flexibility index (Phi) is 6.10. The minimum absolute atomic E-state index is 0.264. The number of aliphatic carboxylic acids is 1. The van der Waals surface area contributed by atoms with Crippen LogP contribution in [0.5, 0.6) is 23.0 Å². The van der Waals surface area contributed by atoms with Crippen LogP contribution in [0.3, 0.4) is 0 Å². The molecule has 2 aromatic carbocycles. The molecule has 0 spiro atoms. The second-order valence-electron chi connectivity index (χ2n) is 8.02. The molecule has 12 heteroatoms. The van der Waals surface area contributed by atoms with Crippen LogP contribution < -0.4 is 9.47 Å². The van der Waals surface area contributed by atoms with Gasteiger partial charge in [0, 0.05) is 6.07 Å². The third kappa shape index (κ3) is 3.81. The summed E-state index contributed by atoms with van der Waals surface area (Å²) >= 11 is 0. The molecule has 182 valence electrons. The third-order valence-electron chi connectivity index (χ3n) is 5.84. The number of ether oxygens (including phenoxy) is 3. The van der Waals surface area contributed by atoms with Crippen LogP contribution >= 0.6 is 0 Å². The first-order chi connectivity index (χ1) is 16.1. The number of carboxylic acid groups (broad SMARTS) is 1. The fraction of sp³-hybridized carbons (Fsp3) is 0.364. The molecule has 1 fully saturated rings. The summed E-state index contributed by atoms with van der Waals surface area (Å²) in [6.45, 7) is -0.602. The average Bonchev–Trinajstić information content (AvgIpc) is 2.82. The van der Waals surface area contributed by atoms with Gasteiger partial charge in [-0.3, -0.25) is 4.79 Å². The molecule has 0 bridgehead atoms. The summed E-state index contributed by atoms with van der Waals surface area (Å²) in [4.78, 5) is 24.2. The van der Waals surface area contributed by atoms with Crippen LogP contribution in [0.15, 0.2) is 36.4 Å². The maximum atomic E-state index is 12.9. The SMILES string of the molecule is O=C1C[C@@](CO)(c2ccccc2)Oc2cc(O[C@@H]3O[C@H](C(=O)O)[C@@H](O)[C@H](O)[C@H]3O)c(O)c(O)c21. The number of aromatic hydroxyl groups is 2. The fourth-order valence-electron chi connectivity index (χ4n) is 4.00. The minimum Gasteiger partial charge on any atom is -0.504 e. The van der Waals surface area contributed by atoms with E-state index >= 15 is 0 Å². The van der Waals surface area contributed by atoms with E-state index in [9.17, 15) is 45.3 Å². The molecule has 2 heterocycles. The first-order valence-corrected chi connectivity index (χ1v) is 10.2. The lowest BCUT2D eigenvalue weighted by Gasteiger charge is -2.39. The summed E-state index contributed by atoms with van der Waals surface area (Å²) in [7, 11) is 0. The van der Waals surface area contributed by atoms with Gasteiger partial charge in [-0.2, -0.15) is 0 Å². The van der Waals surface area contributed by atoms with Crippen molar-refractivity contribution < 1.29 is 59.5 Å². The zero-order chi connectivity index (χ0) is 24.8. The van der Waals surface area contributed by atoms with Crippen molar-refractivity contribution in [2.24, 2.45) is 0 Å². The van der Waals surface area contributed by atoms with E-state index in [1.54, 1.807) is 30.3 Å². The van der Waals surface area contributed by atoms with E-state index in [0.717, 1.165) is 6.07 Å². The second kappa shape index (κ2) is 8.74. The van der Waals surface area contributed by atoms with Gasteiger partial charge >= 0.3 is 5.97 Å². The van der Waals surface area contributed by atoms with E-state index in [1.165, 1.54) is 0 Å². The Bertz CT molecular complexity index is 1100. The van der Waals surface area contributed by atoms with Gasteiger partial charge in [0.1, 0.15) is 29.6 Å². The molecule has 6 atom stereocenters. The maximum absolute atomic E-state index is 12.9. The number of phenolic OH excluding ortho intramolecular Hbond substituents is 2. The van der Waals surface area contributed by atoms with E-state index in [4.69, 9.17) is 14.2 Å². The number of carbonyl (C=O) groups is 2.